The molecule has 1 aromatic heterocycles. The number of nitrogens with zero attached hydrogens (tertiary/aromatic N) is 1. The summed E-state index contributed by atoms with van der Waals surface area (Å²) in [5.41, 5.74) is 1.75. The van der Waals surface area contributed by atoms with E-state index in [1.807, 2.05) is 19.1 Å². The Bertz CT molecular complexity index is 945. The highest BCUT2D eigenvalue weighted by molar-refractivity contribution is 7.89. The number of aryl methyl sites for hydroxylation is 1. The molecule has 1 aromatic carbocycles. The van der Waals surface area contributed by atoms with Crippen molar-refractivity contribution in [3.8, 4) is 0 Å². The minimum absolute atomic E-state index is 0.00741. The minimum atomic E-state index is -3.72. The molecule has 28 heavy (non-hydrogen) atoms. The molecule has 1 aliphatic heterocycles. The summed E-state index contributed by atoms with van der Waals surface area (Å²) in [6, 6.07) is 8.77. The highest BCUT2D eigenvalue weighted by atomic mass is 32.2. The van der Waals surface area contributed by atoms with Crippen molar-refractivity contribution in [2.45, 2.75) is 31.1 Å². The van der Waals surface area contributed by atoms with Crippen LogP contribution < -0.4 is 5.32 Å². The molecule has 1 fully saturated rings. The smallest absolute Gasteiger partial charge is 0.350 e. The molecule has 1 saturated heterocycles. The number of amides is 1. The molecule has 2 heterocycles. The van der Waals surface area contributed by atoms with E-state index in [1.54, 1.807) is 12.1 Å². The summed E-state index contributed by atoms with van der Waals surface area (Å²) in [6.07, 6.45) is 2.51. The molecule has 1 aliphatic rings. The summed E-state index contributed by atoms with van der Waals surface area (Å²) in [5.74, 6) is -1.30. The van der Waals surface area contributed by atoms with Gasteiger partial charge in [0.2, 0.25) is 10.0 Å². The van der Waals surface area contributed by atoms with Gasteiger partial charge in [-0.2, -0.15) is 4.31 Å². The fourth-order valence-corrected chi connectivity index (χ4v) is 5.74. The van der Waals surface area contributed by atoms with Crippen LogP contribution in [-0.2, 0) is 26.0 Å². The average molecular weight is 423 g/mol. The Morgan fingerprint density at radius 1 is 1.14 bits per heavy atom. The van der Waals surface area contributed by atoms with Gasteiger partial charge in [-0.1, -0.05) is 19.1 Å². The number of benzene rings is 1. The lowest BCUT2D eigenvalue weighted by molar-refractivity contribution is -0.119. The Labute approximate surface area is 168 Å². The highest BCUT2D eigenvalue weighted by Crippen LogP contribution is 2.28. The van der Waals surface area contributed by atoms with E-state index in [1.165, 1.54) is 15.8 Å². The van der Waals surface area contributed by atoms with E-state index in [0.717, 1.165) is 36.2 Å². The molecule has 1 amide bonds. The molecular weight excluding hydrogens is 400 g/mol. The number of esters is 1. The Kier molecular flexibility index (Phi) is 6.48. The zero-order valence-electron chi connectivity index (χ0n) is 15.5. The normalized spacial score (nSPS) is 14.8. The molecular formula is C19H22N2O5S2. The number of hydrogen-bond acceptors (Lipinski definition) is 6. The average Bonchev–Trinajstić information content (AvgIpc) is 3.39. The monoisotopic (exact) mass is 422 g/mol. The quantitative estimate of drug-likeness (QED) is 0.693. The van der Waals surface area contributed by atoms with Crippen LogP contribution in [-0.4, -0.2) is 44.3 Å². The van der Waals surface area contributed by atoms with Gasteiger partial charge in [0.15, 0.2) is 6.61 Å². The Balaban J connectivity index is 1.61. The van der Waals surface area contributed by atoms with Crippen molar-refractivity contribution in [1.29, 1.82) is 0 Å². The third-order valence-electron chi connectivity index (χ3n) is 4.48. The predicted molar refractivity (Wildman–Crippen MR) is 107 cm³/mol. The predicted octanol–water partition coefficient (Wildman–Crippen LogP) is 2.89. The lowest BCUT2D eigenvalue weighted by Crippen LogP contribution is -2.29. The SMILES string of the molecule is CCc1ccc(NC(=O)COC(=O)c2sccc2S(=O)(=O)N2CCCC2)cc1. The number of nitrogens with one attached hydrogen (secondary N) is 1. The second-order valence-corrected chi connectivity index (χ2v) is 9.22. The van der Waals surface area contributed by atoms with Crippen molar-refractivity contribution in [3.05, 3.63) is 46.2 Å². The van der Waals surface area contributed by atoms with Crippen LogP contribution in [0.4, 0.5) is 5.69 Å². The molecule has 3 rings (SSSR count). The van der Waals surface area contributed by atoms with E-state index in [2.05, 4.69) is 5.32 Å². The van der Waals surface area contributed by atoms with Gasteiger partial charge in [-0.3, -0.25) is 4.79 Å². The summed E-state index contributed by atoms with van der Waals surface area (Å²) in [6.45, 7) is 2.45. The van der Waals surface area contributed by atoms with Gasteiger partial charge in [0.25, 0.3) is 5.91 Å². The molecule has 0 atom stereocenters. The molecule has 0 saturated carbocycles. The van der Waals surface area contributed by atoms with Gasteiger partial charge in [0.05, 0.1) is 0 Å². The van der Waals surface area contributed by atoms with Crippen molar-refractivity contribution >= 4 is 38.9 Å². The highest BCUT2D eigenvalue weighted by Gasteiger charge is 2.32. The second kappa shape index (κ2) is 8.85. The Morgan fingerprint density at radius 3 is 2.46 bits per heavy atom. The van der Waals surface area contributed by atoms with E-state index in [4.69, 9.17) is 4.74 Å². The fourth-order valence-electron chi connectivity index (χ4n) is 2.93. The molecule has 2 aromatic rings. The second-order valence-electron chi connectivity index (χ2n) is 6.40. The lowest BCUT2D eigenvalue weighted by Gasteiger charge is -2.15. The van der Waals surface area contributed by atoms with Crippen molar-refractivity contribution in [2.24, 2.45) is 0 Å². The van der Waals surface area contributed by atoms with Gasteiger partial charge in [-0.05, 0) is 48.4 Å². The van der Waals surface area contributed by atoms with E-state index < -0.39 is 28.5 Å². The first-order valence-electron chi connectivity index (χ1n) is 9.05. The van der Waals surface area contributed by atoms with Crippen LogP contribution in [0, 0.1) is 0 Å². The van der Waals surface area contributed by atoms with Crippen molar-refractivity contribution in [1.82, 2.24) is 4.31 Å². The van der Waals surface area contributed by atoms with Gasteiger partial charge >= 0.3 is 5.97 Å². The molecule has 0 unspecified atom stereocenters. The molecule has 150 valence electrons. The molecule has 1 N–H and O–H groups in total. The van der Waals surface area contributed by atoms with Crippen LogP contribution in [0.1, 0.15) is 35.0 Å². The first-order chi connectivity index (χ1) is 13.4. The van der Waals surface area contributed by atoms with Crippen LogP contribution in [0.3, 0.4) is 0 Å². The van der Waals surface area contributed by atoms with Gasteiger partial charge in [-0.15, -0.1) is 11.3 Å². The number of carbonyl (C=O) groups excluding carboxylic acids is 2. The maximum absolute atomic E-state index is 12.7. The van der Waals surface area contributed by atoms with Crippen LogP contribution in [0.2, 0.25) is 0 Å². The molecule has 0 spiro atoms. The van der Waals surface area contributed by atoms with Crippen molar-refractivity contribution < 1.29 is 22.7 Å². The summed E-state index contributed by atoms with van der Waals surface area (Å²) in [5, 5.41) is 4.18. The zero-order valence-corrected chi connectivity index (χ0v) is 17.1. The van der Waals surface area contributed by atoms with Gasteiger partial charge in [0.1, 0.15) is 9.77 Å². The topological polar surface area (TPSA) is 92.8 Å². The van der Waals surface area contributed by atoms with Gasteiger partial charge in [-0.25, -0.2) is 13.2 Å². The first kappa shape index (κ1) is 20.5. The van der Waals surface area contributed by atoms with Crippen LogP contribution in [0.5, 0.6) is 0 Å². The zero-order chi connectivity index (χ0) is 20.1. The lowest BCUT2D eigenvalue weighted by atomic mass is 10.1. The number of hydrogen-bond donors (Lipinski definition) is 1. The summed E-state index contributed by atoms with van der Waals surface area (Å²) in [7, 11) is -3.72. The third-order valence-corrected chi connectivity index (χ3v) is 7.44. The Morgan fingerprint density at radius 2 is 1.82 bits per heavy atom. The van der Waals surface area contributed by atoms with Crippen molar-refractivity contribution in [2.75, 3.05) is 25.0 Å². The molecule has 0 bridgehead atoms. The minimum Gasteiger partial charge on any atom is -0.451 e. The molecule has 7 nitrogen and oxygen atoms in total. The van der Waals surface area contributed by atoms with Crippen LogP contribution in [0.25, 0.3) is 0 Å². The number of ether oxygens (including phenoxy) is 1. The van der Waals surface area contributed by atoms with E-state index in [0.29, 0.717) is 18.8 Å². The van der Waals surface area contributed by atoms with Gasteiger partial charge < -0.3 is 10.1 Å². The molecule has 9 heteroatoms. The summed E-state index contributed by atoms with van der Waals surface area (Å²) < 4.78 is 31.8. The maximum Gasteiger partial charge on any atom is 0.350 e. The third kappa shape index (κ3) is 4.60. The largest absolute Gasteiger partial charge is 0.451 e. The number of rotatable bonds is 7. The molecule has 0 radical (unpaired) electrons. The van der Waals surface area contributed by atoms with Crippen molar-refractivity contribution in [3.63, 3.8) is 0 Å². The fraction of sp³-hybridized carbons (Fsp3) is 0.368. The summed E-state index contributed by atoms with van der Waals surface area (Å²) >= 11 is 0.991. The standard InChI is InChI=1S/C19H22N2O5S2/c1-2-14-5-7-15(8-6-14)20-17(22)13-26-19(23)18-16(9-12-27-18)28(24,25)21-10-3-4-11-21/h5-9,12H,2-4,10-11,13H2,1H3,(H,20,22). The Hall–Kier alpha value is -2.23. The maximum atomic E-state index is 12.7. The van der Waals surface area contributed by atoms with Crippen LogP contribution in [0.15, 0.2) is 40.6 Å². The number of thiophene rings is 1. The number of anilines is 1. The number of sulfonamides is 1. The number of carbonyl (C=O) groups is 2. The van der Waals surface area contributed by atoms with E-state index >= 15 is 0 Å². The van der Waals surface area contributed by atoms with E-state index in [9.17, 15) is 18.0 Å². The van der Waals surface area contributed by atoms with Crippen LogP contribution >= 0.6 is 11.3 Å². The summed E-state index contributed by atoms with van der Waals surface area (Å²) in [4.78, 5) is 24.3. The van der Waals surface area contributed by atoms with Gasteiger partial charge in [0, 0.05) is 18.8 Å². The molecule has 0 aliphatic carbocycles. The first-order valence-corrected chi connectivity index (χ1v) is 11.4. The van der Waals surface area contributed by atoms with E-state index in [-0.39, 0.29) is 9.77 Å².